The number of nitrogens with one attached hydrogen (secondary N) is 2. The van der Waals surface area contributed by atoms with Gasteiger partial charge < -0.3 is 10.6 Å². The Bertz CT molecular complexity index is 953. The summed E-state index contributed by atoms with van der Waals surface area (Å²) in [5, 5.41) is 17.3. The third kappa shape index (κ3) is 5.23. The van der Waals surface area contributed by atoms with Gasteiger partial charge in [0.1, 0.15) is 5.82 Å². The van der Waals surface area contributed by atoms with E-state index in [4.69, 9.17) is 0 Å². The lowest BCUT2D eigenvalue weighted by Gasteiger charge is -2.21. The van der Waals surface area contributed by atoms with Crippen molar-refractivity contribution in [2.24, 2.45) is 0 Å². The minimum atomic E-state index is -0.410. The van der Waals surface area contributed by atoms with E-state index in [9.17, 15) is 10.1 Å². The molecule has 2 N–H and O–H groups in total. The van der Waals surface area contributed by atoms with Crippen LogP contribution < -0.4 is 10.6 Å². The second kappa shape index (κ2) is 7.99. The summed E-state index contributed by atoms with van der Waals surface area (Å²) in [7, 11) is 0. The molecule has 3 rings (SSSR count). The molecule has 0 aliphatic heterocycles. The van der Waals surface area contributed by atoms with Crippen LogP contribution in [0.3, 0.4) is 0 Å². The summed E-state index contributed by atoms with van der Waals surface area (Å²) >= 11 is 0. The number of nitrogens with zero attached hydrogens (tertiary/aromatic N) is 4. The van der Waals surface area contributed by atoms with Crippen molar-refractivity contribution in [3.05, 3.63) is 70.5 Å². The van der Waals surface area contributed by atoms with Gasteiger partial charge in [-0.3, -0.25) is 15.1 Å². The summed E-state index contributed by atoms with van der Waals surface area (Å²) in [5.41, 5.74) is 2.51. The predicted molar refractivity (Wildman–Crippen MR) is 109 cm³/mol. The highest BCUT2D eigenvalue weighted by Gasteiger charge is 2.14. The van der Waals surface area contributed by atoms with Gasteiger partial charge in [-0.1, -0.05) is 12.1 Å². The Hall–Kier alpha value is -3.55. The third-order valence-corrected chi connectivity index (χ3v) is 3.81. The van der Waals surface area contributed by atoms with Gasteiger partial charge in [-0.15, -0.1) is 0 Å². The topological polar surface area (TPSA) is 106 Å². The first kappa shape index (κ1) is 19.2. The van der Waals surface area contributed by atoms with Crippen LogP contribution in [0.4, 0.5) is 17.5 Å². The smallest absolute Gasteiger partial charge is 0.269 e. The van der Waals surface area contributed by atoms with Crippen LogP contribution in [0, 0.1) is 10.1 Å². The van der Waals surface area contributed by atoms with Crippen molar-refractivity contribution in [2.75, 3.05) is 10.6 Å². The van der Waals surface area contributed by atoms with E-state index in [0.29, 0.717) is 18.3 Å². The van der Waals surface area contributed by atoms with Gasteiger partial charge in [-0.05, 0) is 38.5 Å². The molecule has 0 aliphatic carbocycles. The van der Waals surface area contributed by atoms with Crippen molar-refractivity contribution >= 4 is 17.5 Å². The number of benzene rings is 1. The van der Waals surface area contributed by atoms with Crippen molar-refractivity contribution < 1.29 is 4.92 Å². The number of anilines is 2. The molecule has 0 bridgehead atoms. The first-order valence-corrected chi connectivity index (χ1v) is 8.85. The molecule has 0 fully saturated rings. The summed E-state index contributed by atoms with van der Waals surface area (Å²) in [6.45, 7) is 6.61. The fourth-order valence-corrected chi connectivity index (χ4v) is 2.53. The molecule has 0 atom stereocenters. The van der Waals surface area contributed by atoms with Crippen molar-refractivity contribution in [2.45, 2.75) is 32.9 Å². The van der Waals surface area contributed by atoms with Gasteiger partial charge in [0.05, 0.1) is 10.6 Å². The molecule has 0 unspecified atom stereocenters. The van der Waals surface area contributed by atoms with E-state index in [2.05, 4.69) is 25.6 Å². The molecule has 144 valence electrons. The number of non-ortho nitro benzene ring substituents is 1. The van der Waals surface area contributed by atoms with Crippen LogP contribution in [0.15, 0.2) is 54.9 Å². The Morgan fingerprint density at radius 2 is 1.71 bits per heavy atom. The number of hydrogen-bond acceptors (Lipinski definition) is 7. The lowest BCUT2D eigenvalue weighted by Crippen LogP contribution is -2.27. The Morgan fingerprint density at radius 1 is 1.04 bits per heavy atom. The lowest BCUT2D eigenvalue weighted by atomic mass is 10.1. The fraction of sp³-hybridized carbons (Fsp3) is 0.250. The number of pyridine rings is 1. The second-order valence-electron chi connectivity index (χ2n) is 7.35. The molecule has 0 radical (unpaired) electrons. The number of hydrogen-bond donors (Lipinski definition) is 2. The maximum absolute atomic E-state index is 10.8. The average molecular weight is 378 g/mol. The highest BCUT2D eigenvalue weighted by Crippen LogP contribution is 2.23. The van der Waals surface area contributed by atoms with E-state index in [-0.39, 0.29) is 11.2 Å². The molecule has 0 spiro atoms. The number of aromatic nitrogens is 3. The molecule has 0 saturated heterocycles. The monoisotopic (exact) mass is 378 g/mol. The van der Waals surface area contributed by atoms with Crippen LogP contribution in [-0.4, -0.2) is 25.4 Å². The molecule has 28 heavy (non-hydrogen) atoms. The van der Waals surface area contributed by atoms with Crippen molar-refractivity contribution in [1.82, 2.24) is 15.0 Å². The molecule has 3 aromatic rings. The molecule has 8 heteroatoms. The van der Waals surface area contributed by atoms with Crippen molar-refractivity contribution in [3.63, 3.8) is 0 Å². The first-order valence-electron chi connectivity index (χ1n) is 8.85. The van der Waals surface area contributed by atoms with E-state index >= 15 is 0 Å². The van der Waals surface area contributed by atoms with Gasteiger partial charge in [0, 0.05) is 48.2 Å². The Labute approximate surface area is 163 Å². The normalized spacial score (nSPS) is 11.1. The van der Waals surface area contributed by atoms with Crippen LogP contribution in [0.1, 0.15) is 26.3 Å². The summed E-state index contributed by atoms with van der Waals surface area (Å²) in [6, 6.07) is 12.1. The zero-order chi connectivity index (χ0) is 20.1. The van der Waals surface area contributed by atoms with Gasteiger partial charge in [0.25, 0.3) is 5.69 Å². The maximum atomic E-state index is 10.8. The molecular weight excluding hydrogens is 356 g/mol. The molecular formula is C20H22N6O2. The third-order valence-electron chi connectivity index (χ3n) is 3.81. The second-order valence-corrected chi connectivity index (χ2v) is 7.35. The van der Waals surface area contributed by atoms with E-state index < -0.39 is 4.92 Å². The van der Waals surface area contributed by atoms with E-state index in [1.54, 1.807) is 24.5 Å². The van der Waals surface area contributed by atoms with Gasteiger partial charge in [-0.25, -0.2) is 4.98 Å². The van der Waals surface area contributed by atoms with E-state index in [0.717, 1.165) is 16.8 Å². The SMILES string of the molecule is CC(C)(C)Nc1nc(NCc2ccc([N+](=O)[O-])cc2)cc(-c2ccncc2)n1. The molecule has 0 saturated carbocycles. The summed E-state index contributed by atoms with van der Waals surface area (Å²) in [4.78, 5) is 23.6. The predicted octanol–water partition coefficient (Wildman–Crippen LogP) is 4.27. The van der Waals surface area contributed by atoms with Crippen LogP contribution in [0.2, 0.25) is 0 Å². The Balaban J connectivity index is 1.84. The van der Waals surface area contributed by atoms with Crippen LogP contribution in [0.5, 0.6) is 0 Å². The Morgan fingerprint density at radius 3 is 2.32 bits per heavy atom. The number of nitro groups is 1. The van der Waals surface area contributed by atoms with Crippen LogP contribution in [0.25, 0.3) is 11.3 Å². The standard InChI is InChI=1S/C20H22N6O2/c1-20(2,3)25-19-23-17(15-8-10-21-11-9-15)12-18(24-19)22-13-14-4-6-16(7-5-14)26(27)28/h4-12H,13H2,1-3H3,(H2,22,23,24,25). The van der Waals surface area contributed by atoms with E-state index in [1.807, 2.05) is 39.0 Å². The van der Waals surface area contributed by atoms with Gasteiger partial charge in [-0.2, -0.15) is 4.98 Å². The van der Waals surface area contributed by atoms with Crippen molar-refractivity contribution in [1.29, 1.82) is 0 Å². The molecule has 0 aliphatic rings. The minimum absolute atomic E-state index is 0.0717. The highest BCUT2D eigenvalue weighted by atomic mass is 16.6. The molecule has 1 aromatic carbocycles. The highest BCUT2D eigenvalue weighted by molar-refractivity contribution is 5.64. The number of nitro benzene ring substituents is 1. The summed E-state index contributed by atoms with van der Waals surface area (Å²) < 4.78 is 0. The minimum Gasteiger partial charge on any atom is -0.366 e. The van der Waals surface area contributed by atoms with Gasteiger partial charge in [0.2, 0.25) is 5.95 Å². The summed E-state index contributed by atoms with van der Waals surface area (Å²) in [5.74, 6) is 1.18. The average Bonchev–Trinajstić information content (AvgIpc) is 2.66. The van der Waals surface area contributed by atoms with Crippen molar-refractivity contribution in [3.8, 4) is 11.3 Å². The van der Waals surface area contributed by atoms with Gasteiger partial charge >= 0.3 is 0 Å². The van der Waals surface area contributed by atoms with Gasteiger partial charge in [0.15, 0.2) is 0 Å². The molecule has 2 aromatic heterocycles. The number of rotatable bonds is 6. The van der Waals surface area contributed by atoms with Crippen LogP contribution >= 0.6 is 0 Å². The van der Waals surface area contributed by atoms with E-state index in [1.165, 1.54) is 12.1 Å². The largest absolute Gasteiger partial charge is 0.366 e. The quantitative estimate of drug-likeness (QED) is 0.487. The zero-order valence-electron chi connectivity index (χ0n) is 16.0. The molecule has 8 nitrogen and oxygen atoms in total. The molecule has 2 heterocycles. The molecule has 0 amide bonds. The Kier molecular flexibility index (Phi) is 5.49. The first-order chi connectivity index (χ1) is 13.3. The van der Waals surface area contributed by atoms with Crippen LogP contribution in [-0.2, 0) is 6.54 Å². The maximum Gasteiger partial charge on any atom is 0.269 e. The summed E-state index contributed by atoms with van der Waals surface area (Å²) in [6.07, 6.45) is 3.44. The fourth-order valence-electron chi connectivity index (χ4n) is 2.53. The zero-order valence-corrected chi connectivity index (χ0v) is 16.0. The lowest BCUT2D eigenvalue weighted by molar-refractivity contribution is -0.384.